The van der Waals surface area contributed by atoms with E-state index in [9.17, 15) is 0 Å². The minimum atomic E-state index is -0.144. The summed E-state index contributed by atoms with van der Waals surface area (Å²) in [6, 6.07) is 9.08. The number of rotatable bonds is 4. The topological polar surface area (TPSA) is 17.0 Å². The smallest absolute Gasteiger partial charge is 0.357 e. The lowest BCUT2D eigenvalue weighted by Gasteiger charge is -2.24. The zero-order chi connectivity index (χ0) is 14.9. The summed E-state index contributed by atoms with van der Waals surface area (Å²) < 4.78 is 8.06. The molecule has 1 heterocycles. The number of hydrogen-bond donors (Lipinski definition) is 0. The van der Waals surface area contributed by atoms with Gasteiger partial charge in [-0.1, -0.05) is 38.1 Å². The molecular weight excluding hydrogens is 246 g/mol. The Kier molecular flexibility index (Phi) is 4.03. The van der Waals surface area contributed by atoms with Gasteiger partial charge in [-0.2, -0.15) is 4.57 Å². The Morgan fingerprint density at radius 2 is 1.70 bits per heavy atom. The van der Waals surface area contributed by atoms with Crippen molar-refractivity contribution >= 4 is 0 Å². The van der Waals surface area contributed by atoms with Gasteiger partial charge in [-0.25, -0.2) is 0 Å². The van der Waals surface area contributed by atoms with Crippen molar-refractivity contribution in [1.82, 2.24) is 0 Å². The summed E-state index contributed by atoms with van der Waals surface area (Å²) >= 11 is 0. The molecule has 2 aromatic rings. The lowest BCUT2D eigenvalue weighted by molar-refractivity contribution is -0.729. The molecule has 108 valence electrons. The molecule has 0 unspecified atom stereocenters. The van der Waals surface area contributed by atoms with E-state index in [0.717, 1.165) is 5.89 Å². The van der Waals surface area contributed by atoms with E-state index >= 15 is 0 Å². The molecule has 0 atom stereocenters. The molecule has 1 aromatic heterocycles. The van der Waals surface area contributed by atoms with E-state index in [1.165, 1.54) is 11.1 Å². The van der Waals surface area contributed by atoms with Gasteiger partial charge in [0, 0.05) is 0 Å². The molecule has 0 spiro atoms. The predicted molar refractivity (Wildman–Crippen MR) is 81.9 cm³/mol. The van der Waals surface area contributed by atoms with Gasteiger partial charge in [-0.3, -0.25) is 0 Å². The number of nitrogens with zero attached hydrogens (tertiary/aromatic N) is 1. The first-order valence-corrected chi connectivity index (χ1v) is 7.44. The van der Waals surface area contributed by atoms with Crippen LogP contribution in [0, 0.1) is 0 Å². The maximum absolute atomic E-state index is 5.84. The van der Waals surface area contributed by atoms with E-state index in [0.29, 0.717) is 12.0 Å². The largest absolute Gasteiger partial charge is 0.409 e. The fraction of sp³-hybridized carbons (Fsp3) is 0.500. The molecule has 2 nitrogen and oxygen atoms in total. The Bertz CT molecular complexity index is 579. The second kappa shape index (κ2) is 5.43. The van der Waals surface area contributed by atoms with Crippen LogP contribution in [-0.4, -0.2) is 0 Å². The molecular formula is C18H26NO+. The van der Waals surface area contributed by atoms with Gasteiger partial charge in [-0.15, -0.1) is 0 Å². The van der Waals surface area contributed by atoms with Crippen molar-refractivity contribution in [2.24, 2.45) is 0 Å². The Hall–Kier alpha value is -1.57. The minimum absolute atomic E-state index is 0.144. The van der Waals surface area contributed by atoms with Crippen LogP contribution in [0.15, 0.2) is 41.1 Å². The lowest BCUT2D eigenvalue weighted by atomic mass is 9.78. The van der Waals surface area contributed by atoms with E-state index in [4.69, 9.17) is 4.42 Å². The first-order valence-electron chi connectivity index (χ1n) is 7.44. The van der Waals surface area contributed by atoms with Crippen LogP contribution in [0.5, 0.6) is 0 Å². The van der Waals surface area contributed by atoms with Crippen molar-refractivity contribution in [3.63, 3.8) is 0 Å². The van der Waals surface area contributed by atoms with E-state index in [-0.39, 0.29) is 5.41 Å². The number of aromatic nitrogens is 1. The molecule has 0 amide bonds. The highest BCUT2D eigenvalue weighted by Crippen LogP contribution is 2.35. The molecule has 2 heteroatoms. The summed E-state index contributed by atoms with van der Waals surface area (Å²) in [5.74, 6) is 1.52. The van der Waals surface area contributed by atoms with Crippen LogP contribution in [-0.2, 0) is 5.41 Å². The van der Waals surface area contributed by atoms with Crippen molar-refractivity contribution in [2.75, 3.05) is 0 Å². The monoisotopic (exact) mass is 272 g/mol. The summed E-state index contributed by atoms with van der Waals surface area (Å²) in [5.41, 5.74) is 2.60. The van der Waals surface area contributed by atoms with Crippen LogP contribution < -0.4 is 4.57 Å². The van der Waals surface area contributed by atoms with Gasteiger partial charge in [0.2, 0.25) is 6.20 Å². The third-order valence-electron chi connectivity index (χ3n) is 3.98. The van der Waals surface area contributed by atoms with Crippen LogP contribution in [0.3, 0.4) is 0 Å². The summed E-state index contributed by atoms with van der Waals surface area (Å²) in [4.78, 5) is 0. The Balaban J connectivity index is 2.58. The third kappa shape index (κ3) is 2.52. The van der Waals surface area contributed by atoms with E-state index in [1.54, 1.807) is 6.26 Å². The fourth-order valence-corrected chi connectivity index (χ4v) is 2.85. The maximum Gasteiger partial charge on any atom is 0.357 e. The molecule has 0 aliphatic heterocycles. The highest BCUT2D eigenvalue weighted by atomic mass is 16.3. The van der Waals surface area contributed by atoms with Gasteiger partial charge in [0.05, 0.1) is 0 Å². The fourth-order valence-electron chi connectivity index (χ4n) is 2.85. The molecule has 0 saturated heterocycles. The molecule has 0 fully saturated rings. The highest BCUT2D eigenvalue weighted by Gasteiger charge is 2.38. The van der Waals surface area contributed by atoms with Crippen LogP contribution in [0.1, 0.15) is 70.5 Å². The van der Waals surface area contributed by atoms with Crippen molar-refractivity contribution in [1.29, 1.82) is 0 Å². The van der Waals surface area contributed by atoms with Crippen LogP contribution in [0.25, 0.3) is 0 Å². The number of hydrogen-bond acceptors (Lipinski definition) is 1. The molecule has 0 saturated carbocycles. The summed E-state index contributed by atoms with van der Waals surface area (Å²) in [6.07, 6.45) is 3.81. The average Bonchev–Trinajstić information content (AvgIpc) is 2.88. The molecule has 20 heavy (non-hydrogen) atoms. The van der Waals surface area contributed by atoms with Gasteiger partial charge in [0.25, 0.3) is 0 Å². The number of oxazole rings is 1. The van der Waals surface area contributed by atoms with Crippen molar-refractivity contribution in [3.8, 4) is 0 Å². The minimum Gasteiger partial charge on any atom is -0.409 e. The Morgan fingerprint density at radius 3 is 2.30 bits per heavy atom. The SMILES string of the molecule is CC(C)c1ccccc1C(C)(C)c1occ[n+]1C(C)C. The van der Waals surface area contributed by atoms with Crippen molar-refractivity contribution in [3.05, 3.63) is 53.7 Å². The molecule has 0 bridgehead atoms. The van der Waals surface area contributed by atoms with Gasteiger partial charge < -0.3 is 4.42 Å². The second-order valence-corrected chi connectivity index (χ2v) is 6.58. The zero-order valence-corrected chi connectivity index (χ0v) is 13.5. The van der Waals surface area contributed by atoms with Crippen LogP contribution in [0.4, 0.5) is 0 Å². The summed E-state index contributed by atoms with van der Waals surface area (Å²) in [7, 11) is 0. The zero-order valence-electron chi connectivity index (χ0n) is 13.5. The normalized spacial score (nSPS) is 12.4. The van der Waals surface area contributed by atoms with Gasteiger partial charge in [0.15, 0.2) is 12.3 Å². The Morgan fingerprint density at radius 1 is 1.05 bits per heavy atom. The van der Waals surface area contributed by atoms with E-state index in [2.05, 4.69) is 70.4 Å². The molecule has 0 N–H and O–H groups in total. The van der Waals surface area contributed by atoms with Crippen LogP contribution >= 0.6 is 0 Å². The quantitative estimate of drug-likeness (QED) is 0.744. The van der Waals surface area contributed by atoms with E-state index < -0.39 is 0 Å². The lowest BCUT2D eigenvalue weighted by Crippen LogP contribution is -2.44. The molecule has 2 rings (SSSR count). The van der Waals surface area contributed by atoms with Crippen LogP contribution in [0.2, 0.25) is 0 Å². The van der Waals surface area contributed by atoms with Crippen molar-refractivity contribution in [2.45, 2.75) is 58.9 Å². The molecule has 1 aromatic carbocycles. The van der Waals surface area contributed by atoms with Gasteiger partial charge >= 0.3 is 5.89 Å². The molecule has 0 aliphatic carbocycles. The Labute approximate surface area is 122 Å². The first kappa shape index (κ1) is 14.8. The summed E-state index contributed by atoms with van der Waals surface area (Å²) in [5, 5.41) is 0. The maximum atomic E-state index is 5.84. The molecule has 0 radical (unpaired) electrons. The molecule has 0 aliphatic rings. The number of benzene rings is 1. The third-order valence-corrected chi connectivity index (χ3v) is 3.98. The predicted octanol–water partition coefficient (Wildman–Crippen LogP) is 4.60. The second-order valence-electron chi connectivity index (χ2n) is 6.58. The van der Waals surface area contributed by atoms with E-state index in [1.807, 2.05) is 6.20 Å². The average molecular weight is 272 g/mol. The van der Waals surface area contributed by atoms with Gasteiger partial charge in [0.1, 0.15) is 5.41 Å². The standard InChI is InChI=1S/C18H26NO/c1-13(2)15-9-7-8-10-16(15)18(5,6)17-19(14(3)4)11-12-20-17/h7-14H,1-6H3/q+1. The highest BCUT2D eigenvalue weighted by molar-refractivity contribution is 5.38. The van der Waals surface area contributed by atoms with Gasteiger partial charge in [-0.05, 0) is 44.7 Å². The summed E-state index contributed by atoms with van der Waals surface area (Å²) in [6.45, 7) is 13.3. The first-order chi connectivity index (χ1) is 9.35. The van der Waals surface area contributed by atoms with Crippen molar-refractivity contribution < 1.29 is 8.98 Å².